The number of hydrogen-bond donors (Lipinski definition) is 2. The molecule has 0 radical (unpaired) electrons. The van der Waals surface area contributed by atoms with Crippen LogP contribution in [0.2, 0.25) is 0 Å². The molecule has 28 heavy (non-hydrogen) atoms. The number of nitrogens with zero attached hydrogens (tertiary/aromatic N) is 2. The SMILES string of the molecule is COc1ccc(OC)c(Nc2cc(C(=O)NCCN3CCOCC3)ccn2)c1. The Kier molecular flexibility index (Phi) is 7.05. The van der Waals surface area contributed by atoms with Gasteiger partial charge in [-0.25, -0.2) is 4.98 Å². The quantitative estimate of drug-likeness (QED) is 0.717. The third kappa shape index (κ3) is 5.34. The summed E-state index contributed by atoms with van der Waals surface area (Å²) in [6.45, 7) is 4.71. The van der Waals surface area contributed by atoms with Crippen LogP contribution < -0.4 is 20.1 Å². The zero-order valence-corrected chi connectivity index (χ0v) is 16.2. The molecule has 0 aliphatic carbocycles. The topological polar surface area (TPSA) is 85.0 Å². The van der Waals surface area contributed by atoms with Gasteiger partial charge in [-0.1, -0.05) is 0 Å². The van der Waals surface area contributed by atoms with Crippen molar-refractivity contribution in [1.29, 1.82) is 0 Å². The standard InChI is InChI=1S/C20H26N4O4/c1-26-16-3-4-18(27-2)17(14-16)23-19-13-15(5-6-21-19)20(25)22-7-8-24-9-11-28-12-10-24/h3-6,13-14H,7-12H2,1-2H3,(H,21,23)(H,22,25). The van der Waals surface area contributed by atoms with E-state index >= 15 is 0 Å². The van der Waals surface area contributed by atoms with Gasteiger partial charge in [0.1, 0.15) is 17.3 Å². The smallest absolute Gasteiger partial charge is 0.251 e. The minimum Gasteiger partial charge on any atom is -0.497 e. The highest BCUT2D eigenvalue weighted by molar-refractivity contribution is 5.95. The predicted molar refractivity (Wildman–Crippen MR) is 107 cm³/mol. The van der Waals surface area contributed by atoms with E-state index in [9.17, 15) is 4.79 Å². The Morgan fingerprint density at radius 2 is 2.00 bits per heavy atom. The number of ether oxygens (including phenoxy) is 3. The average Bonchev–Trinajstić information content (AvgIpc) is 2.74. The van der Waals surface area contributed by atoms with Gasteiger partial charge in [-0.3, -0.25) is 9.69 Å². The molecule has 1 saturated heterocycles. The number of hydrogen-bond acceptors (Lipinski definition) is 7. The van der Waals surface area contributed by atoms with Crippen LogP contribution in [0.15, 0.2) is 36.5 Å². The van der Waals surface area contributed by atoms with E-state index in [1.54, 1.807) is 32.5 Å². The zero-order valence-electron chi connectivity index (χ0n) is 16.2. The number of benzene rings is 1. The Morgan fingerprint density at radius 1 is 1.18 bits per heavy atom. The van der Waals surface area contributed by atoms with Crippen molar-refractivity contribution in [2.24, 2.45) is 0 Å². The Morgan fingerprint density at radius 3 is 2.75 bits per heavy atom. The number of carbonyl (C=O) groups is 1. The second kappa shape index (κ2) is 9.91. The first-order chi connectivity index (χ1) is 13.7. The van der Waals surface area contributed by atoms with Gasteiger partial charge in [-0.15, -0.1) is 0 Å². The molecule has 0 atom stereocenters. The number of amides is 1. The van der Waals surface area contributed by atoms with Gasteiger partial charge in [0.25, 0.3) is 5.91 Å². The van der Waals surface area contributed by atoms with Crippen LogP contribution in [-0.2, 0) is 4.74 Å². The fourth-order valence-corrected chi connectivity index (χ4v) is 2.94. The number of pyridine rings is 1. The molecule has 8 heteroatoms. The fourth-order valence-electron chi connectivity index (χ4n) is 2.94. The van der Waals surface area contributed by atoms with E-state index in [2.05, 4.69) is 20.5 Å². The molecule has 3 rings (SSSR count). The Hall–Kier alpha value is -2.84. The van der Waals surface area contributed by atoms with E-state index in [-0.39, 0.29) is 5.91 Å². The summed E-state index contributed by atoms with van der Waals surface area (Å²) < 4.78 is 16.0. The molecular formula is C20H26N4O4. The van der Waals surface area contributed by atoms with Crippen LogP contribution in [0.3, 0.4) is 0 Å². The van der Waals surface area contributed by atoms with Crippen LogP contribution in [0.1, 0.15) is 10.4 Å². The summed E-state index contributed by atoms with van der Waals surface area (Å²) in [6.07, 6.45) is 1.60. The number of aromatic nitrogens is 1. The minimum absolute atomic E-state index is 0.128. The van der Waals surface area contributed by atoms with Crippen molar-refractivity contribution >= 4 is 17.4 Å². The van der Waals surface area contributed by atoms with Gasteiger partial charge >= 0.3 is 0 Å². The van der Waals surface area contributed by atoms with Gasteiger partial charge in [0.2, 0.25) is 0 Å². The third-order valence-electron chi connectivity index (χ3n) is 4.51. The molecule has 1 fully saturated rings. The summed E-state index contributed by atoms with van der Waals surface area (Å²) in [6, 6.07) is 8.84. The highest BCUT2D eigenvalue weighted by Gasteiger charge is 2.12. The van der Waals surface area contributed by atoms with Crippen molar-refractivity contribution in [3.8, 4) is 11.5 Å². The first kappa shape index (κ1) is 19.9. The molecule has 1 amide bonds. The summed E-state index contributed by atoms with van der Waals surface area (Å²) in [5.41, 5.74) is 1.25. The second-order valence-electron chi connectivity index (χ2n) is 6.33. The Bertz CT molecular complexity index is 794. The zero-order chi connectivity index (χ0) is 19.8. The van der Waals surface area contributed by atoms with E-state index in [1.807, 2.05) is 18.2 Å². The molecule has 1 aromatic carbocycles. The average molecular weight is 386 g/mol. The minimum atomic E-state index is -0.128. The number of methoxy groups -OCH3 is 2. The second-order valence-corrected chi connectivity index (χ2v) is 6.33. The third-order valence-corrected chi connectivity index (χ3v) is 4.51. The molecule has 8 nitrogen and oxygen atoms in total. The molecule has 2 aromatic rings. The molecule has 0 saturated carbocycles. The van der Waals surface area contributed by atoms with E-state index in [0.29, 0.717) is 35.1 Å². The van der Waals surface area contributed by atoms with Crippen molar-refractivity contribution < 1.29 is 19.0 Å². The fraction of sp³-hybridized carbons (Fsp3) is 0.400. The van der Waals surface area contributed by atoms with Gasteiger partial charge in [-0.2, -0.15) is 0 Å². The van der Waals surface area contributed by atoms with Crippen molar-refractivity contribution in [3.63, 3.8) is 0 Å². The van der Waals surface area contributed by atoms with E-state index in [1.165, 1.54) is 0 Å². The van der Waals surface area contributed by atoms with E-state index in [4.69, 9.17) is 14.2 Å². The molecular weight excluding hydrogens is 360 g/mol. The van der Waals surface area contributed by atoms with Gasteiger partial charge in [0, 0.05) is 44.0 Å². The van der Waals surface area contributed by atoms with Crippen LogP contribution in [0.4, 0.5) is 11.5 Å². The highest BCUT2D eigenvalue weighted by Crippen LogP contribution is 2.31. The molecule has 1 aromatic heterocycles. The lowest BCUT2D eigenvalue weighted by molar-refractivity contribution is 0.0383. The lowest BCUT2D eigenvalue weighted by atomic mass is 10.2. The molecule has 150 valence electrons. The van der Waals surface area contributed by atoms with Crippen LogP contribution in [0.5, 0.6) is 11.5 Å². The van der Waals surface area contributed by atoms with Gasteiger partial charge in [0.15, 0.2) is 0 Å². The van der Waals surface area contributed by atoms with Crippen molar-refractivity contribution in [1.82, 2.24) is 15.2 Å². The lowest BCUT2D eigenvalue weighted by Crippen LogP contribution is -2.41. The number of rotatable bonds is 8. The summed E-state index contributed by atoms with van der Waals surface area (Å²) in [5, 5.41) is 6.14. The number of carbonyl (C=O) groups excluding carboxylic acids is 1. The van der Waals surface area contributed by atoms with E-state index < -0.39 is 0 Å². The van der Waals surface area contributed by atoms with E-state index in [0.717, 1.165) is 32.8 Å². The maximum absolute atomic E-state index is 12.5. The highest BCUT2D eigenvalue weighted by atomic mass is 16.5. The van der Waals surface area contributed by atoms with Crippen molar-refractivity contribution in [2.45, 2.75) is 0 Å². The van der Waals surface area contributed by atoms with Crippen LogP contribution >= 0.6 is 0 Å². The van der Waals surface area contributed by atoms with Gasteiger partial charge in [0.05, 0.1) is 33.1 Å². The van der Waals surface area contributed by atoms with Crippen LogP contribution in [0.25, 0.3) is 0 Å². The summed E-state index contributed by atoms with van der Waals surface area (Å²) in [4.78, 5) is 19.0. The number of anilines is 2. The molecule has 0 unspecified atom stereocenters. The summed E-state index contributed by atoms with van der Waals surface area (Å²) in [5.74, 6) is 1.77. The Balaban J connectivity index is 1.61. The lowest BCUT2D eigenvalue weighted by Gasteiger charge is -2.26. The van der Waals surface area contributed by atoms with Crippen molar-refractivity contribution in [3.05, 3.63) is 42.1 Å². The van der Waals surface area contributed by atoms with Crippen molar-refractivity contribution in [2.75, 3.05) is 58.9 Å². The molecule has 0 bridgehead atoms. The number of nitrogens with one attached hydrogen (secondary N) is 2. The normalized spacial score (nSPS) is 14.4. The van der Waals surface area contributed by atoms with Crippen LogP contribution in [-0.4, -0.2) is 69.4 Å². The molecule has 1 aliphatic rings. The monoisotopic (exact) mass is 386 g/mol. The summed E-state index contributed by atoms with van der Waals surface area (Å²) in [7, 11) is 3.20. The molecule has 2 heterocycles. The number of morpholine rings is 1. The van der Waals surface area contributed by atoms with Gasteiger partial charge < -0.3 is 24.8 Å². The maximum Gasteiger partial charge on any atom is 0.251 e. The van der Waals surface area contributed by atoms with Crippen LogP contribution in [0, 0.1) is 0 Å². The largest absolute Gasteiger partial charge is 0.497 e. The first-order valence-corrected chi connectivity index (χ1v) is 9.23. The predicted octanol–water partition coefficient (Wildman–Crippen LogP) is 1.90. The summed E-state index contributed by atoms with van der Waals surface area (Å²) >= 11 is 0. The van der Waals surface area contributed by atoms with Gasteiger partial charge in [-0.05, 0) is 24.3 Å². The maximum atomic E-state index is 12.5. The molecule has 2 N–H and O–H groups in total. The molecule has 1 aliphatic heterocycles. The molecule has 0 spiro atoms. The first-order valence-electron chi connectivity index (χ1n) is 9.23. The Labute approximate surface area is 164 Å².